The van der Waals surface area contributed by atoms with Crippen LogP contribution in [0.25, 0.3) is 11.1 Å². The molecule has 250 valence electrons. The average Bonchev–Trinajstić information content (AvgIpc) is 3.54. The van der Waals surface area contributed by atoms with Crippen molar-refractivity contribution < 1.29 is 24.1 Å². The van der Waals surface area contributed by atoms with Gasteiger partial charge in [-0.05, 0) is 71.5 Å². The fourth-order valence-electron chi connectivity index (χ4n) is 6.14. The third-order valence-electron chi connectivity index (χ3n) is 8.62. The Bertz CT molecular complexity index is 1830. The van der Waals surface area contributed by atoms with E-state index >= 15 is 0 Å². The fourth-order valence-corrected chi connectivity index (χ4v) is 6.14. The Labute approximate surface area is 288 Å². The molecule has 5 aromatic carbocycles. The molecule has 7 heteroatoms. The number of nitrogens with zero attached hydrogens (tertiary/aromatic N) is 1. The predicted molar refractivity (Wildman–Crippen MR) is 193 cm³/mol. The Morgan fingerprint density at radius 3 is 2.16 bits per heavy atom. The van der Waals surface area contributed by atoms with Gasteiger partial charge in [-0.1, -0.05) is 103 Å². The molecule has 1 heterocycles. The predicted octanol–water partition coefficient (Wildman–Crippen LogP) is 7.37. The van der Waals surface area contributed by atoms with Gasteiger partial charge in [-0.15, -0.1) is 0 Å². The van der Waals surface area contributed by atoms with Crippen molar-refractivity contribution in [1.29, 1.82) is 0 Å². The van der Waals surface area contributed by atoms with Crippen LogP contribution in [0.3, 0.4) is 0 Å². The first-order chi connectivity index (χ1) is 24.1. The number of amides is 1. The minimum atomic E-state index is -1.29. The molecule has 0 fully saturated rings. The lowest BCUT2D eigenvalue weighted by molar-refractivity contribution is -0.128. The van der Waals surface area contributed by atoms with Gasteiger partial charge in [0.25, 0.3) is 5.91 Å². The molecular formula is C42H42N2O5. The maximum Gasteiger partial charge on any atom is 0.252 e. The number of carbonyl (C=O) groups is 1. The van der Waals surface area contributed by atoms with Crippen LogP contribution in [0.2, 0.25) is 0 Å². The number of aliphatic imine (C=N–C) groups is 1. The van der Waals surface area contributed by atoms with E-state index in [1.807, 2.05) is 116 Å². The summed E-state index contributed by atoms with van der Waals surface area (Å²) in [6, 6.07) is 43.8. The summed E-state index contributed by atoms with van der Waals surface area (Å²) < 4.78 is 18.3. The van der Waals surface area contributed by atoms with Crippen LogP contribution < -0.4 is 14.8 Å². The highest BCUT2D eigenvalue weighted by Crippen LogP contribution is 2.43. The fraction of sp³-hybridized carbons (Fsp3) is 0.238. The summed E-state index contributed by atoms with van der Waals surface area (Å²) >= 11 is 0. The van der Waals surface area contributed by atoms with Crippen molar-refractivity contribution in [2.75, 3.05) is 26.4 Å². The minimum Gasteiger partial charge on any atom is -0.494 e. The van der Waals surface area contributed by atoms with Gasteiger partial charge >= 0.3 is 0 Å². The zero-order valence-corrected chi connectivity index (χ0v) is 27.8. The normalized spacial score (nSPS) is 16.8. The van der Waals surface area contributed by atoms with Crippen LogP contribution in [0.15, 0.2) is 138 Å². The lowest BCUT2D eigenvalue weighted by Crippen LogP contribution is -2.50. The number of aliphatic hydroxyl groups excluding tert-OH is 1. The molecule has 0 saturated carbocycles. The first kappa shape index (κ1) is 33.5. The van der Waals surface area contributed by atoms with E-state index in [0.29, 0.717) is 50.7 Å². The molecule has 0 bridgehead atoms. The second kappa shape index (κ2) is 16.1. The van der Waals surface area contributed by atoms with E-state index in [1.165, 1.54) is 0 Å². The van der Waals surface area contributed by atoms with Crippen LogP contribution >= 0.6 is 0 Å². The number of ether oxygens (including phenoxy) is 3. The number of aliphatic hydroxyl groups is 1. The Kier molecular flexibility index (Phi) is 11.0. The van der Waals surface area contributed by atoms with E-state index in [0.717, 1.165) is 39.1 Å². The molecule has 0 spiro atoms. The highest BCUT2D eigenvalue weighted by atomic mass is 16.5. The lowest BCUT2D eigenvalue weighted by atomic mass is 9.81. The van der Waals surface area contributed by atoms with Crippen molar-refractivity contribution in [2.24, 2.45) is 4.99 Å². The maximum atomic E-state index is 14.7. The second-order valence-electron chi connectivity index (χ2n) is 12.0. The molecule has 0 unspecified atom stereocenters. The Hall–Kier alpha value is -5.40. The first-order valence-electron chi connectivity index (χ1n) is 16.9. The van der Waals surface area contributed by atoms with E-state index < -0.39 is 11.6 Å². The molecule has 0 aliphatic carbocycles. The van der Waals surface area contributed by atoms with E-state index in [-0.39, 0.29) is 12.5 Å². The monoisotopic (exact) mass is 654 g/mol. The molecule has 0 aromatic heterocycles. The summed E-state index contributed by atoms with van der Waals surface area (Å²) in [4.78, 5) is 19.8. The Morgan fingerprint density at radius 2 is 1.45 bits per heavy atom. The molecule has 49 heavy (non-hydrogen) atoms. The third kappa shape index (κ3) is 8.02. The number of hydrogen-bond donors (Lipinski definition) is 2. The molecule has 7 nitrogen and oxygen atoms in total. The van der Waals surface area contributed by atoms with Gasteiger partial charge in [-0.3, -0.25) is 4.79 Å². The molecule has 1 amide bonds. The van der Waals surface area contributed by atoms with Crippen molar-refractivity contribution in [2.45, 2.75) is 37.8 Å². The number of para-hydroxylation sites is 1. The van der Waals surface area contributed by atoms with Gasteiger partial charge in [0.15, 0.2) is 11.6 Å². The van der Waals surface area contributed by atoms with Gasteiger partial charge in [0.05, 0.1) is 13.2 Å². The molecule has 1 aliphatic rings. The van der Waals surface area contributed by atoms with Crippen LogP contribution in [-0.2, 0) is 22.4 Å². The highest BCUT2D eigenvalue weighted by molar-refractivity contribution is 6.01. The van der Waals surface area contributed by atoms with Crippen molar-refractivity contribution in [3.05, 3.63) is 156 Å². The molecule has 1 aliphatic heterocycles. The SMILES string of the molecule is CCOc1ccccc1CCNC(=O)[C@]1(Cc2ccccc2)N=C(c2ccc(OCCCO)cc2)O[C@@H]1c1ccc(-c2ccccc2)cc1. The van der Waals surface area contributed by atoms with Crippen molar-refractivity contribution >= 4 is 11.8 Å². The number of benzene rings is 5. The van der Waals surface area contributed by atoms with Gasteiger partial charge in [0.1, 0.15) is 11.5 Å². The van der Waals surface area contributed by atoms with Gasteiger partial charge < -0.3 is 24.6 Å². The smallest absolute Gasteiger partial charge is 0.252 e. The maximum absolute atomic E-state index is 14.7. The number of carbonyl (C=O) groups excluding carboxylic acids is 1. The van der Waals surface area contributed by atoms with Crippen LogP contribution in [0.1, 0.15) is 41.7 Å². The minimum absolute atomic E-state index is 0.0705. The van der Waals surface area contributed by atoms with Crippen molar-refractivity contribution in [3.8, 4) is 22.6 Å². The molecule has 6 rings (SSSR count). The van der Waals surface area contributed by atoms with Crippen molar-refractivity contribution in [3.63, 3.8) is 0 Å². The highest BCUT2D eigenvalue weighted by Gasteiger charge is 2.53. The van der Waals surface area contributed by atoms with E-state index in [4.69, 9.17) is 24.3 Å². The van der Waals surface area contributed by atoms with Gasteiger partial charge in [0, 0.05) is 31.6 Å². The first-order valence-corrected chi connectivity index (χ1v) is 16.9. The number of nitrogens with one attached hydrogen (secondary N) is 1. The quantitative estimate of drug-likeness (QED) is 0.115. The number of rotatable bonds is 15. The van der Waals surface area contributed by atoms with Gasteiger partial charge in [-0.2, -0.15) is 0 Å². The molecule has 0 saturated heterocycles. The number of hydrogen-bond acceptors (Lipinski definition) is 6. The van der Waals surface area contributed by atoms with E-state index in [2.05, 4.69) is 29.6 Å². The average molecular weight is 655 g/mol. The molecule has 0 radical (unpaired) electrons. The molecule has 5 aromatic rings. The van der Waals surface area contributed by atoms with E-state index in [1.54, 1.807) is 0 Å². The van der Waals surface area contributed by atoms with Gasteiger partial charge in [-0.25, -0.2) is 4.99 Å². The van der Waals surface area contributed by atoms with Crippen molar-refractivity contribution in [1.82, 2.24) is 5.32 Å². The summed E-state index contributed by atoms with van der Waals surface area (Å²) in [5, 5.41) is 12.3. The zero-order chi connectivity index (χ0) is 33.9. The van der Waals surface area contributed by atoms with Crippen LogP contribution in [0, 0.1) is 0 Å². The largest absolute Gasteiger partial charge is 0.494 e. The summed E-state index contributed by atoms with van der Waals surface area (Å²) in [6.07, 6.45) is 0.807. The molecule has 2 N–H and O–H groups in total. The third-order valence-corrected chi connectivity index (χ3v) is 8.62. The van der Waals surface area contributed by atoms with Gasteiger partial charge in [0.2, 0.25) is 5.90 Å². The molecular weight excluding hydrogens is 612 g/mol. The Balaban J connectivity index is 1.36. The Morgan fingerprint density at radius 1 is 0.796 bits per heavy atom. The second-order valence-corrected chi connectivity index (χ2v) is 12.0. The van der Waals surface area contributed by atoms with E-state index in [9.17, 15) is 4.79 Å². The summed E-state index contributed by atoms with van der Waals surface area (Å²) in [7, 11) is 0. The van der Waals surface area contributed by atoms with Crippen LogP contribution in [0.5, 0.6) is 11.5 Å². The summed E-state index contributed by atoms with van der Waals surface area (Å²) in [5.41, 5.74) is 4.51. The zero-order valence-electron chi connectivity index (χ0n) is 27.8. The van der Waals surface area contributed by atoms with Crippen LogP contribution in [-0.4, -0.2) is 48.8 Å². The summed E-state index contributed by atoms with van der Waals surface area (Å²) in [6.45, 7) is 3.43. The summed E-state index contributed by atoms with van der Waals surface area (Å²) in [5.74, 6) is 1.69. The van der Waals surface area contributed by atoms with Crippen LogP contribution in [0.4, 0.5) is 0 Å². The lowest BCUT2D eigenvalue weighted by Gasteiger charge is -2.31. The topological polar surface area (TPSA) is 89.4 Å². The standard InChI is InChI=1S/C42H42N2O5/c1-2-47-38-17-10-9-16-34(38)26-27-43-41(46)42(30-31-12-5-3-6-13-31)39(35-20-18-33(19-21-35)32-14-7-4-8-15-32)49-40(44-42)36-22-24-37(25-23-36)48-29-11-28-45/h3-10,12-25,39,45H,2,11,26-30H2,1H3,(H,43,46)/t39-,42-/m1/s1. The molecule has 2 atom stereocenters.